The van der Waals surface area contributed by atoms with E-state index in [9.17, 15) is 0 Å². The van der Waals surface area contributed by atoms with Crippen LogP contribution in [0.1, 0.15) is 33.1 Å². The molecule has 0 aromatic carbocycles. The molecule has 0 bridgehead atoms. The van der Waals surface area contributed by atoms with E-state index in [1.807, 2.05) is 13.8 Å². The smallest absolute Gasteiger partial charge is 0.137 e. The fourth-order valence-electron chi connectivity index (χ4n) is 2.07. The zero-order chi connectivity index (χ0) is 10.7. The first-order valence-electron chi connectivity index (χ1n) is 5.27. The molecule has 2 aliphatic rings. The van der Waals surface area contributed by atoms with Crippen molar-refractivity contribution >= 4 is 22.9 Å². The number of aliphatic imine (C=N–C) groups is 1. The highest BCUT2D eigenvalue weighted by molar-refractivity contribution is 7.82. The Morgan fingerprint density at radius 2 is 2.07 bits per heavy atom. The maximum Gasteiger partial charge on any atom is 0.137 e. The summed E-state index contributed by atoms with van der Waals surface area (Å²) < 4.78 is 0. The van der Waals surface area contributed by atoms with Crippen LogP contribution in [0.3, 0.4) is 0 Å². The van der Waals surface area contributed by atoms with E-state index in [2.05, 4.69) is 11.6 Å². The molecule has 2 rings (SSSR count). The van der Waals surface area contributed by atoms with E-state index < -0.39 is 0 Å². The summed E-state index contributed by atoms with van der Waals surface area (Å²) in [6.45, 7) is 7.99. The molecule has 0 saturated heterocycles. The number of rotatable bonds is 0. The number of fused-ring (bicyclic) bond motifs is 1. The third kappa shape index (κ3) is 1.87. The van der Waals surface area contributed by atoms with Gasteiger partial charge in [0, 0.05) is 5.92 Å². The first-order valence-corrected chi connectivity index (χ1v) is 5.67. The maximum absolute atomic E-state index is 5.67. The second-order valence-corrected chi connectivity index (χ2v) is 3.88. The molecule has 14 heavy (non-hydrogen) atoms. The molecule has 2 N–H and O–H groups in total. The summed E-state index contributed by atoms with van der Waals surface area (Å²) >= 11 is 5.12. The van der Waals surface area contributed by atoms with Crippen molar-refractivity contribution in [1.29, 1.82) is 0 Å². The topological polar surface area (TPSA) is 38.4 Å². The molecule has 3 heteroatoms. The number of hydrogen-bond acceptors (Lipinski definition) is 3. The molecule has 2 unspecified atom stereocenters. The van der Waals surface area contributed by atoms with Gasteiger partial charge in [-0.2, -0.15) is 0 Å². The Morgan fingerprint density at radius 1 is 1.43 bits per heavy atom. The standard InChI is InChI=1S/C9H12N2S.C2H6/c1-5-6-3-2-4-7(6)11-9(10)8(5)12;1-2/h6-7H,1-4H2,(H2,10,11);1-2H3. The van der Waals surface area contributed by atoms with Gasteiger partial charge in [0.15, 0.2) is 0 Å². The Balaban J connectivity index is 0.000000461. The highest BCUT2D eigenvalue weighted by Crippen LogP contribution is 2.36. The fraction of sp³-hybridized carbons (Fsp3) is 0.636. The quantitative estimate of drug-likeness (QED) is 0.493. The largest absolute Gasteiger partial charge is 0.383 e. The molecule has 2 nitrogen and oxygen atoms in total. The van der Waals surface area contributed by atoms with E-state index in [-0.39, 0.29) is 0 Å². The van der Waals surface area contributed by atoms with Gasteiger partial charge in [-0.1, -0.05) is 39.1 Å². The van der Waals surface area contributed by atoms with Crippen LogP contribution < -0.4 is 5.73 Å². The summed E-state index contributed by atoms with van der Waals surface area (Å²) in [5.41, 5.74) is 6.71. The summed E-state index contributed by atoms with van der Waals surface area (Å²) in [7, 11) is 0. The molecule has 0 amide bonds. The van der Waals surface area contributed by atoms with Gasteiger partial charge in [0.1, 0.15) is 5.84 Å². The third-order valence-corrected chi connectivity index (χ3v) is 3.23. The van der Waals surface area contributed by atoms with Crippen LogP contribution >= 0.6 is 12.2 Å². The molecular weight excluding hydrogens is 192 g/mol. The summed E-state index contributed by atoms with van der Waals surface area (Å²) in [6, 6.07) is 0.379. The molecule has 0 aromatic heterocycles. The molecule has 1 aliphatic carbocycles. The van der Waals surface area contributed by atoms with Gasteiger partial charge in [0.2, 0.25) is 0 Å². The lowest BCUT2D eigenvalue weighted by Crippen LogP contribution is -2.35. The highest BCUT2D eigenvalue weighted by atomic mass is 32.1. The molecule has 2 atom stereocenters. The van der Waals surface area contributed by atoms with Crippen LogP contribution in [0.15, 0.2) is 17.1 Å². The van der Waals surface area contributed by atoms with Gasteiger partial charge < -0.3 is 5.73 Å². The third-order valence-electron chi connectivity index (χ3n) is 2.76. The normalized spacial score (nSPS) is 30.3. The van der Waals surface area contributed by atoms with Gasteiger partial charge in [-0.3, -0.25) is 4.99 Å². The summed E-state index contributed by atoms with van der Waals surface area (Å²) in [6.07, 6.45) is 3.56. The number of amidine groups is 1. The van der Waals surface area contributed by atoms with Crippen molar-refractivity contribution in [2.75, 3.05) is 0 Å². The van der Waals surface area contributed by atoms with Crippen molar-refractivity contribution in [2.45, 2.75) is 39.2 Å². The average molecular weight is 210 g/mol. The van der Waals surface area contributed by atoms with Crippen LogP contribution in [0, 0.1) is 5.92 Å². The van der Waals surface area contributed by atoms with Crippen LogP contribution in [0.5, 0.6) is 0 Å². The van der Waals surface area contributed by atoms with Gasteiger partial charge >= 0.3 is 0 Å². The van der Waals surface area contributed by atoms with Gasteiger partial charge in [0.25, 0.3) is 0 Å². The molecule has 0 radical (unpaired) electrons. The average Bonchev–Trinajstić information content (AvgIpc) is 2.65. The monoisotopic (exact) mass is 210 g/mol. The second kappa shape index (κ2) is 4.69. The van der Waals surface area contributed by atoms with E-state index in [0.29, 0.717) is 22.7 Å². The van der Waals surface area contributed by atoms with E-state index in [1.165, 1.54) is 12.8 Å². The predicted molar refractivity (Wildman–Crippen MR) is 65.8 cm³/mol. The molecule has 78 valence electrons. The molecule has 1 saturated carbocycles. The second-order valence-electron chi connectivity index (χ2n) is 3.47. The van der Waals surface area contributed by atoms with Crippen LogP contribution in [0.25, 0.3) is 0 Å². The fourth-order valence-corrected chi connectivity index (χ4v) is 2.28. The van der Waals surface area contributed by atoms with Gasteiger partial charge in [0.05, 0.1) is 10.9 Å². The van der Waals surface area contributed by atoms with Crippen LogP contribution in [0.4, 0.5) is 0 Å². The minimum Gasteiger partial charge on any atom is -0.383 e. The molecule has 0 spiro atoms. The summed E-state index contributed by atoms with van der Waals surface area (Å²) in [5, 5.41) is 0. The molecule has 1 aliphatic heterocycles. The van der Waals surface area contributed by atoms with Crippen molar-refractivity contribution in [3.05, 3.63) is 12.2 Å². The van der Waals surface area contributed by atoms with E-state index >= 15 is 0 Å². The lowest BCUT2D eigenvalue weighted by atomic mass is 9.90. The lowest BCUT2D eigenvalue weighted by Gasteiger charge is -2.24. The van der Waals surface area contributed by atoms with Crippen molar-refractivity contribution in [2.24, 2.45) is 16.6 Å². The summed E-state index contributed by atoms with van der Waals surface area (Å²) in [5.74, 6) is 1.02. The zero-order valence-corrected chi connectivity index (χ0v) is 9.73. The van der Waals surface area contributed by atoms with Crippen LogP contribution in [-0.2, 0) is 0 Å². The lowest BCUT2D eigenvalue weighted by molar-refractivity contribution is 0.567. The Kier molecular flexibility index (Phi) is 3.81. The van der Waals surface area contributed by atoms with E-state index in [0.717, 1.165) is 12.0 Å². The first kappa shape index (κ1) is 11.4. The van der Waals surface area contributed by atoms with Crippen molar-refractivity contribution < 1.29 is 0 Å². The Labute approximate surface area is 91.3 Å². The van der Waals surface area contributed by atoms with Crippen LogP contribution in [0.2, 0.25) is 0 Å². The Hall–Kier alpha value is -0.700. The molecule has 0 aromatic rings. The van der Waals surface area contributed by atoms with Gasteiger partial charge in [-0.25, -0.2) is 0 Å². The highest BCUT2D eigenvalue weighted by Gasteiger charge is 2.34. The first-order chi connectivity index (χ1) is 6.70. The number of nitrogens with zero attached hydrogens (tertiary/aromatic N) is 1. The van der Waals surface area contributed by atoms with E-state index in [4.69, 9.17) is 18.0 Å². The predicted octanol–water partition coefficient (Wildman–Crippen LogP) is 2.48. The Bertz CT molecular complexity index is 281. The summed E-state index contributed by atoms with van der Waals surface area (Å²) in [4.78, 5) is 5.06. The van der Waals surface area contributed by atoms with Crippen molar-refractivity contribution in [3.63, 3.8) is 0 Å². The number of hydrogen-bond donors (Lipinski definition) is 1. The van der Waals surface area contributed by atoms with Crippen molar-refractivity contribution in [1.82, 2.24) is 0 Å². The number of thiocarbonyl (C=S) groups is 1. The SMILES string of the molecule is C=C1C(=S)C(N)=NC2CCCC12.CC. The number of nitrogens with two attached hydrogens (primary N) is 1. The van der Waals surface area contributed by atoms with Gasteiger partial charge in [-0.05, 0) is 18.4 Å². The van der Waals surface area contributed by atoms with Crippen LogP contribution in [-0.4, -0.2) is 16.7 Å². The minimum absolute atomic E-state index is 0.379. The van der Waals surface area contributed by atoms with E-state index in [1.54, 1.807) is 0 Å². The zero-order valence-electron chi connectivity index (χ0n) is 8.92. The minimum atomic E-state index is 0.379. The molecule has 1 fully saturated rings. The Morgan fingerprint density at radius 3 is 2.71 bits per heavy atom. The van der Waals surface area contributed by atoms with Gasteiger partial charge in [-0.15, -0.1) is 0 Å². The van der Waals surface area contributed by atoms with Crippen molar-refractivity contribution in [3.8, 4) is 0 Å². The maximum atomic E-state index is 5.67. The molecule has 1 heterocycles. The molecular formula is C11H18N2S.